The van der Waals surface area contributed by atoms with Gasteiger partial charge < -0.3 is 10.1 Å². The summed E-state index contributed by atoms with van der Waals surface area (Å²) in [6, 6.07) is 5.00. The minimum absolute atomic E-state index is 0.305. The molecule has 19 heavy (non-hydrogen) atoms. The van der Waals surface area contributed by atoms with Crippen molar-refractivity contribution in [1.29, 1.82) is 0 Å². The fraction of sp³-hybridized carbons (Fsp3) is 0.357. The van der Waals surface area contributed by atoms with E-state index in [0.29, 0.717) is 18.9 Å². The zero-order valence-corrected chi connectivity index (χ0v) is 11.7. The largest absolute Gasteiger partial charge is 0.483 e. The molecule has 0 aliphatic carbocycles. The van der Waals surface area contributed by atoms with E-state index in [1.54, 1.807) is 12.3 Å². The van der Waals surface area contributed by atoms with Gasteiger partial charge in [-0.1, -0.05) is 19.1 Å². The molecule has 0 bridgehead atoms. The normalized spacial score (nSPS) is 10.6. The van der Waals surface area contributed by atoms with Crippen LogP contribution in [0.25, 0.3) is 0 Å². The second kappa shape index (κ2) is 7.21. The third-order valence-corrected chi connectivity index (χ3v) is 3.37. The SMILES string of the molecule is CCCNCc1cccc(F)c1OCc1nccs1. The summed E-state index contributed by atoms with van der Waals surface area (Å²) in [5.74, 6) is -0.00587. The van der Waals surface area contributed by atoms with Crippen LogP contribution in [0.3, 0.4) is 0 Å². The van der Waals surface area contributed by atoms with Gasteiger partial charge in [0.1, 0.15) is 11.6 Å². The van der Waals surface area contributed by atoms with Gasteiger partial charge in [0.05, 0.1) is 0 Å². The van der Waals surface area contributed by atoms with Gasteiger partial charge in [0.15, 0.2) is 11.6 Å². The minimum atomic E-state index is -0.327. The van der Waals surface area contributed by atoms with Gasteiger partial charge in [0.25, 0.3) is 0 Å². The third-order valence-electron chi connectivity index (χ3n) is 2.61. The lowest BCUT2D eigenvalue weighted by molar-refractivity contribution is 0.285. The Morgan fingerprint density at radius 3 is 3.05 bits per heavy atom. The van der Waals surface area contributed by atoms with Crippen LogP contribution in [0, 0.1) is 5.82 Å². The van der Waals surface area contributed by atoms with E-state index in [9.17, 15) is 4.39 Å². The van der Waals surface area contributed by atoms with Gasteiger partial charge in [-0.2, -0.15) is 0 Å². The standard InChI is InChI=1S/C14H17FN2OS/c1-2-6-16-9-11-4-3-5-12(15)14(11)18-10-13-17-7-8-19-13/h3-5,7-8,16H,2,6,9-10H2,1H3. The van der Waals surface area contributed by atoms with Gasteiger partial charge in [-0.15, -0.1) is 11.3 Å². The van der Waals surface area contributed by atoms with Crippen molar-refractivity contribution in [1.82, 2.24) is 10.3 Å². The van der Waals surface area contributed by atoms with Crippen LogP contribution >= 0.6 is 11.3 Å². The molecule has 0 unspecified atom stereocenters. The molecule has 2 aromatic rings. The number of thiazole rings is 1. The highest BCUT2D eigenvalue weighted by Gasteiger charge is 2.10. The van der Waals surface area contributed by atoms with E-state index in [4.69, 9.17) is 4.74 Å². The topological polar surface area (TPSA) is 34.1 Å². The summed E-state index contributed by atoms with van der Waals surface area (Å²) in [4.78, 5) is 4.12. The first-order chi connectivity index (χ1) is 9.31. The van der Waals surface area contributed by atoms with Crippen molar-refractivity contribution in [3.05, 3.63) is 46.2 Å². The number of para-hydroxylation sites is 1. The van der Waals surface area contributed by atoms with Gasteiger partial charge >= 0.3 is 0 Å². The summed E-state index contributed by atoms with van der Waals surface area (Å²) in [6.45, 7) is 3.92. The average Bonchev–Trinajstić information content (AvgIpc) is 2.91. The lowest BCUT2D eigenvalue weighted by Crippen LogP contribution is -2.15. The van der Waals surface area contributed by atoms with E-state index in [2.05, 4.69) is 17.2 Å². The van der Waals surface area contributed by atoms with E-state index in [1.165, 1.54) is 17.4 Å². The molecule has 0 fully saturated rings. The molecule has 5 heteroatoms. The zero-order chi connectivity index (χ0) is 13.5. The molecule has 0 amide bonds. The van der Waals surface area contributed by atoms with Crippen LogP contribution in [0.1, 0.15) is 23.9 Å². The number of hydrogen-bond donors (Lipinski definition) is 1. The minimum Gasteiger partial charge on any atom is -0.483 e. The van der Waals surface area contributed by atoms with E-state index in [-0.39, 0.29) is 5.82 Å². The molecular formula is C14H17FN2OS. The quantitative estimate of drug-likeness (QED) is 0.790. The third kappa shape index (κ3) is 4.01. The Labute approximate surface area is 116 Å². The van der Waals surface area contributed by atoms with E-state index < -0.39 is 0 Å². The fourth-order valence-electron chi connectivity index (χ4n) is 1.71. The average molecular weight is 280 g/mol. The molecule has 2 rings (SSSR count). The first kappa shape index (κ1) is 14.0. The maximum atomic E-state index is 13.8. The molecule has 0 saturated heterocycles. The van der Waals surface area contributed by atoms with Crippen LogP contribution in [0.5, 0.6) is 5.75 Å². The Morgan fingerprint density at radius 1 is 1.42 bits per heavy atom. The molecule has 1 aromatic carbocycles. The number of nitrogens with one attached hydrogen (secondary N) is 1. The van der Waals surface area contributed by atoms with Crippen molar-refractivity contribution < 1.29 is 9.13 Å². The fourth-order valence-corrected chi connectivity index (χ4v) is 2.24. The zero-order valence-electron chi connectivity index (χ0n) is 10.9. The predicted molar refractivity (Wildman–Crippen MR) is 74.8 cm³/mol. The van der Waals surface area contributed by atoms with Crippen molar-refractivity contribution in [3.8, 4) is 5.75 Å². The lowest BCUT2D eigenvalue weighted by Gasteiger charge is -2.12. The Kier molecular flexibility index (Phi) is 5.30. The predicted octanol–water partition coefficient (Wildman–Crippen LogP) is 3.36. The molecule has 0 spiro atoms. The van der Waals surface area contributed by atoms with Crippen LogP contribution in [-0.2, 0) is 13.2 Å². The number of halogens is 1. The lowest BCUT2D eigenvalue weighted by atomic mass is 10.2. The first-order valence-electron chi connectivity index (χ1n) is 6.30. The Hall–Kier alpha value is -1.46. The van der Waals surface area contributed by atoms with Crippen LogP contribution in [0.2, 0.25) is 0 Å². The second-order valence-electron chi connectivity index (χ2n) is 4.12. The number of benzene rings is 1. The Bertz CT molecular complexity index is 502. The van der Waals surface area contributed by atoms with Gasteiger partial charge in [-0.3, -0.25) is 0 Å². The summed E-state index contributed by atoms with van der Waals surface area (Å²) in [5, 5.41) is 5.97. The second-order valence-corrected chi connectivity index (χ2v) is 5.10. The van der Waals surface area contributed by atoms with Crippen molar-refractivity contribution in [2.24, 2.45) is 0 Å². The first-order valence-corrected chi connectivity index (χ1v) is 7.18. The summed E-state index contributed by atoms with van der Waals surface area (Å²) < 4.78 is 19.4. The number of nitrogens with zero attached hydrogens (tertiary/aromatic N) is 1. The Morgan fingerprint density at radius 2 is 2.32 bits per heavy atom. The molecular weight excluding hydrogens is 263 g/mol. The summed E-state index contributed by atoms with van der Waals surface area (Å²) in [6.07, 6.45) is 2.76. The van der Waals surface area contributed by atoms with Gasteiger partial charge in [0.2, 0.25) is 0 Å². The van der Waals surface area contributed by atoms with Crippen molar-refractivity contribution in [2.75, 3.05) is 6.54 Å². The molecule has 0 saturated carbocycles. The highest BCUT2D eigenvalue weighted by atomic mass is 32.1. The number of ether oxygens (including phenoxy) is 1. The molecule has 3 nitrogen and oxygen atoms in total. The van der Waals surface area contributed by atoms with Gasteiger partial charge in [-0.05, 0) is 19.0 Å². The number of rotatable bonds is 7. The molecule has 0 radical (unpaired) electrons. The molecule has 1 aromatic heterocycles. The molecule has 102 valence electrons. The summed E-state index contributed by atoms with van der Waals surface area (Å²) >= 11 is 1.50. The van der Waals surface area contributed by atoms with Gasteiger partial charge in [0, 0.05) is 23.7 Å². The monoisotopic (exact) mass is 280 g/mol. The van der Waals surface area contributed by atoms with E-state index in [0.717, 1.165) is 23.5 Å². The van der Waals surface area contributed by atoms with Crippen LogP contribution in [0.15, 0.2) is 29.8 Å². The van der Waals surface area contributed by atoms with Crippen molar-refractivity contribution in [2.45, 2.75) is 26.5 Å². The highest BCUT2D eigenvalue weighted by molar-refractivity contribution is 7.09. The molecule has 0 aliphatic rings. The summed E-state index contributed by atoms with van der Waals surface area (Å²) in [7, 11) is 0. The van der Waals surface area contributed by atoms with Crippen LogP contribution in [-0.4, -0.2) is 11.5 Å². The smallest absolute Gasteiger partial charge is 0.165 e. The summed E-state index contributed by atoms with van der Waals surface area (Å²) in [5.41, 5.74) is 0.838. The molecule has 0 atom stereocenters. The van der Waals surface area contributed by atoms with Crippen LogP contribution in [0.4, 0.5) is 4.39 Å². The highest BCUT2D eigenvalue weighted by Crippen LogP contribution is 2.24. The Balaban J connectivity index is 2.04. The van der Waals surface area contributed by atoms with Crippen molar-refractivity contribution in [3.63, 3.8) is 0 Å². The molecule has 1 N–H and O–H groups in total. The van der Waals surface area contributed by atoms with Crippen LogP contribution < -0.4 is 10.1 Å². The number of aromatic nitrogens is 1. The maximum absolute atomic E-state index is 13.8. The molecule has 1 heterocycles. The maximum Gasteiger partial charge on any atom is 0.165 e. The number of hydrogen-bond acceptors (Lipinski definition) is 4. The molecule has 0 aliphatic heterocycles. The van der Waals surface area contributed by atoms with E-state index in [1.807, 2.05) is 11.4 Å². The van der Waals surface area contributed by atoms with Crippen molar-refractivity contribution >= 4 is 11.3 Å². The van der Waals surface area contributed by atoms with E-state index >= 15 is 0 Å². The van der Waals surface area contributed by atoms with Gasteiger partial charge in [-0.25, -0.2) is 9.37 Å².